The van der Waals surface area contributed by atoms with Gasteiger partial charge in [-0.05, 0) is 37.1 Å². The van der Waals surface area contributed by atoms with Gasteiger partial charge in [-0.2, -0.15) is 0 Å². The van der Waals surface area contributed by atoms with Crippen molar-refractivity contribution in [2.75, 3.05) is 18.5 Å². The SMILES string of the molecule is Cc1cc2occ(CC(=O)Nc3cc4c(cc3Cl)OCCCO4)c2cc1C. The predicted octanol–water partition coefficient (Wildman–Crippen LogP) is 5.05. The number of anilines is 1. The molecule has 4 rings (SSSR count). The van der Waals surface area contributed by atoms with E-state index in [0.717, 1.165) is 34.1 Å². The molecule has 0 radical (unpaired) electrons. The molecule has 0 fully saturated rings. The smallest absolute Gasteiger partial charge is 0.228 e. The summed E-state index contributed by atoms with van der Waals surface area (Å²) in [6.07, 6.45) is 2.64. The minimum absolute atomic E-state index is 0.174. The lowest BCUT2D eigenvalue weighted by atomic mass is 10.0. The first-order valence-corrected chi connectivity index (χ1v) is 9.25. The Morgan fingerprint density at radius 2 is 1.78 bits per heavy atom. The van der Waals surface area contributed by atoms with Gasteiger partial charge in [-0.25, -0.2) is 0 Å². The summed E-state index contributed by atoms with van der Waals surface area (Å²) in [6, 6.07) is 7.43. The number of nitrogens with one attached hydrogen (secondary N) is 1. The van der Waals surface area contributed by atoms with E-state index in [2.05, 4.69) is 11.4 Å². The molecule has 0 saturated heterocycles. The third-order valence-electron chi connectivity index (χ3n) is 4.73. The van der Waals surface area contributed by atoms with Crippen molar-refractivity contribution in [2.24, 2.45) is 0 Å². The normalized spacial score (nSPS) is 13.4. The molecule has 0 atom stereocenters. The van der Waals surface area contributed by atoms with Crippen molar-refractivity contribution in [1.29, 1.82) is 0 Å². The molecule has 0 saturated carbocycles. The molecule has 1 aliphatic rings. The van der Waals surface area contributed by atoms with Crippen molar-refractivity contribution in [3.8, 4) is 11.5 Å². The highest BCUT2D eigenvalue weighted by Gasteiger charge is 2.17. The molecule has 0 aliphatic carbocycles. The van der Waals surface area contributed by atoms with Crippen molar-refractivity contribution in [1.82, 2.24) is 0 Å². The highest BCUT2D eigenvalue weighted by molar-refractivity contribution is 6.34. The van der Waals surface area contributed by atoms with E-state index in [-0.39, 0.29) is 12.3 Å². The largest absolute Gasteiger partial charge is 0.490 e. The van der Waals surface area contributed by atoms with Crippen LogP contribution in [0.1, 0.15) is 23.1 Å². The zero-order valence-corrected chi connectivity index (χ0v) is 16.0. The summed E-state index contributed by atoms with van der Waals surface area (Å²) in [7, 11) is 0. The van der Waals surface area contributed by atoms with Crippen LogP contribution in [0, 0.1) is 13.8 Å². The second-order valence-electron chi connectivity index (χ2n) is 6.75. The molecule has 140 valence electrons. The van der Waals surface area contributed by atoms with E-state index >= 15 is 0 Å². The molecular weight excluding hydrogens is 366 g/mol. The molecule has 27 heavy (non-hydrogen) atoms. The summed E-state index contributed by atoms with van der Waals surface area (Å²) in [5.41, 5.74) is 4.46. The average Bonchev–Trinajstić information content (AvgIpc) is 2.85. The topological polar surface area (TPSA) is 60.7 Å². The van der Waals surface area contributed by atoms with Crippen LogP contribution in [0.2, 0.25) is 5.02 Å². The lowest BCUT2D eigenvalue weighted by Crippen LogP contribution is -2.14. The Hall–Kier alpha value is -2.66. The highest BCUT2D eigenvalue weighted by Crippen LogP contribution is 2.37. The van der Waals surface area contributed by atoms with Crippen molar-refractivity contribution in [2.45, 2.75) is 26.7 Å². The molecule has 1 N–H and O–H groups in total. The van der Waals surface area contributed by atoms with Crippen LogP contribution in [0.5, 0.6) is 11.5 Å². The Labute approximate surface area is 162 Å². The molecule has 0 bridgehead atoms. The highest BCUT2D eigenvalue weighted by atomic mass is 35.5. The summed E-state index contributed by atoms with van der Waals surface area (Å²) < 4.78 is 16.9. The van der Waals surface area contributed by atoms with Crippen LogP contribution in [0.25, 0.3) is 11.0 Å². The van der Waals surface area contributed by atoms with E-state index in [1.807, 2.05) is 19.9 Å². The van der Waals surface area contributed by atoms with E-state index in [9.17, 15) is 4.79 Å². The van der Waals surface area contributed by atoms with E-state index < -0.39 is 0 Å². The quantitative estimate of drug-likeness (QED) is 0.685. The molecule has 0 spiro atoms. The number of halogens is 1. The number of benzene rings is 2. The number of carbonyl (C=O) groups excluding carboxylic acids is 1. The van der Waals surface area contributed by atoms with E-state index in [1.165, 1.54) is 0 Å². The molecular formula is C21H20ClNO4. The molecule has 1 amide bonds. The van der Waals surface area contributed by atoms with Crippen molar-refractivity contribution in [3.05, 3.63) is 52.2 Å². The molecule has 1 aliphatic heterocycles. The lowest BCUT2D eigenvalue weighted by Gasteiger charge is -2.12. The fourth-order valence-corrected chi connectivity index (χ4v) is 3.32. The Balaban J connectivity index is 1.55. The number of ether oxygens (including phenoxy) is 2. The maximum absolute atomic E-state index is 12.6. The van der Waals surface area contributed by atoms with E-state index in [0.29, 0.717) is 35.4 Å². The second-order valence-corrected chi connectivity index (χ2v) is 7.15. The Bertz CT molecular complexity index is 1020. The molecule has 0 unspecified atom stereocenters. The van der Waals surface area contributed by atoms with E-state index in [1.54, 1.807) is 18.4 Å². The number of furan rings is 1. The fraction of sp³-hybridized carbons (Fsp3) is 0.286. The van der Waals surface area contributed by atoms with Gasteiger partial charge in [-0.15, -0.1) is 0 Å². The van der Waals surface area contributed by atoms with Gasteiger partial charge in [0.05, 0.1) is 36.6 Å². The maximum Gasteiger partial charge on any atom is 0.228 e. The fourth-order valence-electron chi connectivity index (χ4n) is 3.12. The lowest BCUT2D eigenvalue weighted by molar-refractivity contribution is -0.115. The van der Waals surface area contributed by atoms with Crippen LogP contribution in [0.15, 0.2) is 34.9 Å². The van der Waals surface area contributed by atoms with Crippen LogP contribution in [0.3, 0.4) is 0 Å². The summed E-state index contributed by atoms with van der Waals surface area (Å²) in [5, 5.41) is 4.23. The molecule has 6 heteroatoms. The first-order chi connectivity index (χ1) is 13.0. The van der Waals surface area contributed by atoms with Gasteiger partial charge < -0.3 is 19.2 Å². The Morgan fingerprint density at radius 3 is 2.56 bits per heavy atom. The van der Waals surface area contributed by atoms with Crippen molar-refractivity contribution in [3.63, 3.8) is 0 Å². The number of carbonyl (C=O) groups is 1. The van der Waals surface area contributed by atoms with Gasteiger partial charge in [0.25, 0.3) is 0 Å². The third-order valence-corrected chi connectivity index (χ3v) is 5.05. The predicted molar refractivity (Wildman–Crippen MR) is 105 cm³/mol. The summed E-state index contributed by atoms with van der Waals surface area (Å²) in [5.74, 6) is 1.02. The van der Waals surface area contributed by atoms with Gasteiger partial charge in [0, 0.05) is 29.5 Å². The standard InChI is InChI=1S/C21H20ClNO4/c1-12-6-15-14(11-27-18(15)7-13(12)2)8-21(24)23-17-10-20-19(9-16(17)22)25-4-3-5-26-20/h6-7,9-11H,3-5,8H2,1-2H3,(H,23,24). The second kappa shape index (κ2) is 7.16. The van der Waals surface area contributed by atoms with Gasteiger partial charge in [0.15, 0.2) is 11.5 Å². The molecule has 2 heterocycles. The van der Waals surface area contributed by atoms with Crippen LogP contribution in [-0.4, -0.2) is 19.1 Å². The number of aryl methyl sites for hydroxylation is 2. The molecule has 1 aromatic heterocycles. The number of hydrogen-bond acceptors (Lipinski definition) is 4. The summed E-state index contributed by atoms with van der Waals surface area (Å²) >= 11 is 6.30. The number of fused-ring (bicyclic) bond motifs is 2. The van der Waals surface area contributed by atoms with Crippen LogP contribution in [-0.2, 0) is 11.2 Å². The molecule has 3 aromatic rings. The minimum atomic E-state index is -0.174. The van der Waals surface area contributed by atoms with Gasteiger partial charge >= 0.3 is 0 Å². The number of hydrogen-bond donors (Lipinski definition) is 1. The Morgan fingerprint density at radius 1 is 1.07 bits per heavy atom. The zero-order valence-electron chi connectivity index (χ0n) is 15.2. The van der Waals surface area contributed by atoms with Gasteiger partial charge in [-0.1, -0.05) is 11.6 Å². The van der Waals surface area contributed by atoms with Gasteiger partial charge in [-0.3, -0.25) is 4.79 Å². The first-order valence-electron chi connectivity index (χ1n) is 8.87. The van der Waals surface area contributed by atoms with Gasteiger partial charge in [0.2, 0.25) is 5.91 Å². The zero-order chi connectivity index (χ0) is 19.0. The third kappa shape index (κ3) is 3.60. The minimum Gasteiger partial charge on any atom is -0.490 e. The van der Waals surface area contributed by atoms with Crippen molar-refractivity contribution < 1.29 is 18.7 Å². The summed E-state index contributed by atoms with van der Waals surface area (Å²) in [6.45, 7) is 5.24. The van der Waals surface area contributed by atoms with Crippen LogP contribution < -0.4 is 14.8 Å². The monoisotopic (exact) mass is 385 g/mol. The van der Waals surface area contributed by atoms with E-state index in [4.69, 9.17) is 25.5 Å². The number of rotatable bonds is 3. The van der Waals surface area contributed by atoms with Crippen LogP contribution in [0.4, 0.5) is 5.69 Å². The maximum atomic E-state index is 12.6. The summed E-state index contributed by atoms with van der Waals surface area (Å²) in [4.78, 5) is 12.6. The average molecular weight is 386 g/mol. The van der Waals surface area contributed by atoms with Crippen molar-refractivity contribution >= 4 is 34.2 Å². The Kier molecular flexibility index (Phi) is 4.70. The van der Waals surface area contributed by atoms with Crippen LogP contribution >= 0.6 is 11.6 Å². The first kappa shape index (κ1) is 17.7. The molecule has 5 nitrogen and oxygen atoms in total. The molecule has 2 aromatic carbocycles. The van der Waals surface area contributed by atoms with Gasteiger partial charge in [0.1, 0.15) is 5.58 Å². The number of amides is 1.